The van der Waals surface area contributed by atoms with Crippen molar-refractivity contribution in [3.8, 4) is 0 Å². The molecular formula is C17H24N2OS2. The van der Waals surface area contributed by atoms with Crippen molar-refractivity contribution in [2.24, 2.45) is 11.7 Å². The second-order valence-corrected chi connectivity index (χ2v) is 8.52. The van der Waals surface area contributed by atoms with Crippen molar-refractivity contribution < 1.29 is 4.79 Å². The molecule has 0 bridgehead atoms. The number of primary amides is 1. The van der Waals surface area contributed by atoms with Gasteiger partial charge in [-0.15, -0.1) is 0 Å². The van der Waals surface area contributed by atoms with Crippen LogP contribution in [0.1, 0.15) is 22.3 Å². The molecule has 0 saturated carbocycles. The number of thioether (sulfide) groups is 2. The van der Waals surface area contributed by atoms with Crippen LogP contribution in [-0.4, -0.2) is 52.9 Å². The van der Waals surface area contributed by atoms with Crippen LogP contribution in [0.3, 0.4) is 0 Å². The minimum Gasteiger partial charge on any atom is -0.366 e. The SMILES string of the molecule is NC(=O)c1cccc(CC2CCN(C3CSCCSC3)C2)c1. The van der Waals surface area contributed by atoms with Crippen molar-refractivity contribution in [1.29, 1.82) is 0 Å². The predicted octanol–water partition coefficient (Wildman–Crippen LogP) is 2.50. The summed E-state index contributed by atoms with van der Waals surface area (Å²) in [5.74, 6) is 5.56. The van der Waals surface area contributed by atoms with Gasteiger partial charge in [0.2, 0.25) is 5.91 Å². The van der Waals surface area contributed by atoms with Crippen molar-refractivity contribution in [3.05, 3.63) is 35.4 Å². The number of nitrogens with two attached hydrogens (primary N) is 1. The van der Waals surface area contributed by atoms with Gasteiger partial charge in [-0.1, -0.05) is 12.1 Å². The largest absolute Gasteiger partial charge is 0.366 e. The van der Waals surface area contributed by atoms with E-state index >= 15 is 0 Å². The lowest BCUT2D eigenvalue weighted by Gasteiger charge is -2.26. The number of amides is 1. The maximum Gasteiger partial charge on any atom is 0.248 e. The molecule has 1 atom stereocenters. The lowest BCUT2D eigenvalue weighted by molar-refractivity contribution is 0.1000. The molecule has 22 heavy (non-hydrogen) atoms. The third-order valence-corrected chi connectivity index (χ3v) is 7.05. The molecule has 0 aliphatic carbocycles. The molecule has 1 unspecified atom stereocenters. The minimum absolute atomic E-state index is 0.331. The number of benzene rings is 1. The molecule has 1 amide bonds. The molecule has 1 aromatic carbocycles. The lowest BCUT2D eigenvalue weighted by atomic mass is 9.97. The molecule has 2 saturated heterocycles. The Morgan fingerprint density at radius 3 is 2.77 bits per heavy atom. The van der Waals surface area contributed by atoms with Gasteiger partial charge in [-0.05, 0) is 43.0 Å². The molecule has 5 heteroatoms. The van der Waals surface area contributed by atoms with E-state index in [0.29, 0.717) is 11.5 Å². The van der Waals surface area contributed by atoms with E-state index in [2.05, 4.69) is 34.5 Å². The van der Waals surface area contributed by atoms with Crippen LogP contribution in [-0.2, 0) is 6.42 Å². The Morgan fingerprint density at radius 2 is 2.05 bits per heavy atom. The fraction of sp³-hybridized carbons (Fsp3) is 0.588. The Balaban J connectivity index is 1.56. The monoisotopic (exact) mass is 336 g/mol. The highest BCUT2D eigenvalue weighted by Gasteiger charge is 2.29. The summed E-state index contributed by atoms with van der Waals surface area (Å²) in [6.45, 7) is 2.43. The highest BCUT2D eigenvalue weighted by atomic mass is 32.2. The van der Waals surface area contributed by atoms with E-state index in [9.17, 15) is 4.79 Å². The Morgan fingerprint density at radius 1 is 1.27 bits per heavy atom. The van der Waals surface area contributed by atoms with Gasteiger partial charge in [-0.25, -0.2) is 0 Å². The Bertz CT molecular complexity index is 515. The number of nitrogens with zero attached hydrogens (tertiary/aromatic N) is 1. The van der Waals surface area contributed by atoms with Crippen LogP contribution in [0.15, 0.2) is 24.3 Å². The van der Waals surface area contributed by atoms with Gasteiger partial charge in [-0.3, -0.25) is 9.69 Å². The summed E-state index contributed by atoms with van der Waals surface area (Å²) >= 11 is 4.21. The fourth-order valence-corrected chi connectivity index (χ4v) is 5.99. The Labute approximate surface area is 141 Å². The lowest BCUT2D eigenvalue weighted by Crippen LogP contribution is -2.37. The van der Waals surface area contributed by atoms with Gasteiger partial charge in [0.25, 0.3) is 0 Å². The van der Waals surface area contributed by atoms with Gasteiger partial charge in [-0.2, -0.15) is 23.5 Å². The summed E-state index contributed by atoms with van der Waals surface area (Å²) in [6, 6.07) is 8.57. The summed E-state index contributed by atoms with van der Waals surface area (Å²) in [7, 11) is 0. The molecule has 0 radical (unpaired) electrons. The van der Waals surface area contributed by atoms with Crippen LogP contribution in [0.2, 0.25) is 0 Å². The zero-order valence-electron chi connectivity index (χ0n) is 12.9. The molecule has 3 rings (SSSR count). The van der Waals surface area contributed by atoms with E-state index < -0.39 is 0 Å². The highest BCUT2D eigenvalue weighted by molar-refractivity contribution is 8.03. The zero-order valence-corrected chi connectivity index (χ0v) is 14.5. The number of carbonyl (C=O) groups is 1. The van der Waals surface area contributed by atoms with E-state index in [1.807, 2.05) is 12.1 Å². The first-order valence-corrected chi connectivity index (χ1v) is 10.3. The van der Waals surface area contributed by atoms with E-state index in [1.54, 1.807) is 6.07 Å². The normalized spacial score (nSPS) is 24.3. The van der Waals surface area contributed by atoms with E-state index in [4.69, 9.17) is 5.73 Å². The first-order valence-electron chi connectivity index (χ1n) is 8.00. The molecule has 2 heterocycles. The molecular weight excluding hydrogens is 312 g/mol. The van der Waals surface area contributed by atoms with Crippen molar-refractivity contribution in [2.45, 2.75) is 18.9 Å². The number of rotatable bonds is 4. The first kappa shape index (κ1) is 16.2. The molecule has 2 aliphatic heterocycles. The molecule has 1 aromatic rings. The third kappa shape index (κ3) is 4.21. The number of carbonyl (C=O) groups excluding carboxylic acids is 1. The number of likely N-dealkylation sites (tertiary alicyclic amines) is 1. The average molecular weight is 337 g/mol. The molecule has 0 spiro atoms. The molecule has 2 fully saturated rings. The van der Waals surface area contributed by atoms with Crippen LogP contribution >= 0.6 is 23.5 Å². The Hall–Kier alpha value is -0.650. The van der Waals surface area contributed by atoms with Gasteiger partial charge in [0.1, 0.15) is 0 Å². The summed E-state index contributed by atoms with van der Waals surface area (Å²) in [6.07, 6.45) is 2.33. The van der Waals surface area contributed by atoms with E-state index in [1.165, 1.54) is 48.1 Å². The molecule has 3 nitrogen and oxygen atoms in total. The maximum absolute atomic E-state index is 11.3. The van der Waals surface area contributed by atoms with Crippen LogP contribution < -0.4 is 5.73 Å². The van der Waals surface area contributed by atoms with Gasteiger partial charge < -0.3 is 5.73 Å². The molecule has 2 N–H and O–H groups in total. The standard InChI is InChI=1S/C17H24N2OS2/c18-17(20)15-3-1-2-13(9-15)8-14-4-5-19(10-14)16-11-21-6-7-22-12-16/h1-3,9,14,16H,4-8,10-12H2,(H2,18,20). The summed E-state index contributed by atoms with van der Waals surface area (Å²) in [5.41, 5.74) is 7.25. The van der Waals surface area contributed by atoms with Crippen molar-refractivity contribution in [1.82, 2.24) is 4.90 Å². The Kier molecular flexibility index (Phi) is 5.71. The van der Waals surface area contributed by atoms with Gasteiger partial charge in [0.15, 0.2) is 0 Å². The minimum atomic E-state index is -0.331. The average Bonchev–Trinajstić information content (AvgIpc) is 2.81. The van der Waals surface area contributed by atoms with Crippen molar-refractivity contribution in [3.63, 3.8) is 0 Å². The second-order valence-electron chi connectivity index (χ2n) is 6.22. The number of hydrogen-bond donors (Lipinski definition) is 1. The van der Waals surface area contributed by atoms with E-state index in [0.717, 1.165) is 12.5 Å². The van der Waals surface area contributed by atoms with Gasteiger partial charge in [0, 0.05) is 41.2 Å². The molecule has 120 valence electrons. The predicted molar refractivity (Wildman–Crippen MR) is 96.8 cm³/mol. The van der Waals surface area contributed by atoms with Crippen molar-refractivity contribution >= 4 is 29.4 Å². The summed E-state index contributed by atoms with van der Waals surface area (Å²) in [5, 5.41) is 0. The number of hydrogen-bond acceptors (Lipinski definition) is 4. The summed E-state index contributed by atoms with van der Waals surface area (Å²) in [4.78, 5) is 14.0. The topological polar surface area (TPSA) is 46.3 Å². The smallest absolute Gasteiger partial charge is 0.248 e. The van der Waals surface area contributed by atoms with Crippen LogP contribution in [0.25, 0.3) is 0 Å². The van der Waals surface area contributed by atoms with Crippen molar-refractivity contribution in [2.75, 3.05) is 36.1 Å². The highest BCUT2D eigenvalue weighted by Crippen LogP contribution is 2.27. The van der Waals surface area contributed by atoms with Crippen LogP contribution in [0.5, 0.6) is 0 Å². The van der Waals surface area contributed by atoms with Crippen LogP contribution in [0.4, 0.5) is 0 Å². The quantitative estimate of drug-likeness (QED) is 0.918. The van der Waals surface area contributed by atoms with Gasteiger partial charge >= 0.3 is 0 Å². The molecule has 2 aliphatic rings. The second kappa shape index (κ2) is 7.75. The molecule has 0 aromatic heterocycles. The zero-order chi connectivity index (χ0) is 15.4. The van der Waals surface area contributed by atoms with Crippen LogP contribution in [0, 0.1) is 5.92 Å². The van der Waals surface area contributed by atoms with E-state index in [-0.39, 0.29) is 5.91 Å². The first-order chi connectivity index (χ1) is 10.7. The third-order valence-electron chi connectivity index (χ3n) is 4.56. The summed E-state index contributed by atoms with van der Waals surface area (Å²) < 4.78 is 0. The fourth-order valence-electron chi connectivity index (χ4n) is 3.36. The maximum atomic E-state index is 11.3. The van der Waals surface area contributed by atoms with Gasteiger partial charge in [0.05, 0.1) is 0 Å².